The van der Waals surface area contributed by atoms with Gasteiger partial charge in [-0.15, -0.1) is 0 Å². The van der Waals surface area contributed by atoms with E-state index >= 15 is 0 Å². The summed E-state index contributed by atoms with van der Waals surface area (Å²) in [6.45, 7) is 0.762. The molecular weight excluding hydrogens is 320 g/mol. The molecule has 1 amide bonds. The van der Waals surface area contributed by atoms with E-state index in [0.717, 1.165) is 24.9 Å². The van der Waals surface area contributed by atoms with Crippen molar-refractivity contribution in [1.82, 2.24) is 9.88 Å². The lowest BCUT2D eigenvalue weighted by molar-refractivity contribution is -0.133. The number of hydrogen-bond acceptors (Lipinski definition) is 2. The summed E-state index contributed by atoms with van der Waals surface area (Å²) in [6, 6.07) is 22.7. The molecule has 1 unspecified atom stereocenters. The number of amides is 1. The fraction of sp³-hybridized carbons (Fsp3) is 0.217. The Morgan fingerprint density at radius 3 is 2.50 bits per heavy atom. The van der Waals surface area contributed by atoms with Crippen LogP contribution in [0.1, 0.15) is 34.7 Å². The number of fused-ring (bicyclic) bond motifs is 1. The highest BCUT2D eigenvalue weighted by Crippen LogP contribution is 2.35. The molecule has 1 aromatic heterocycles. The summed E-state index contributed by atoms with van der Waals surface area (Å²) in [5, 5.41) is 0. The standard InChI is InChI=1S/C23H22N2O/c26-22(11-10-18-6-2-1-3-7-18)25-17-14-19-8-4-5-9-21(19)23(25)20-12-15-24-16-13-20/h1-9,12-13,15-16,23H,10-11,14,17H2. The summed E-state index contributed by atoms with van der Waals surface area (Å²) < 4.78 is 0. The fourth-order valence-corrected chi connectivity index (χ4v) is 3.78. The first-order valence-corrected chi connectivity index (χ1v) is 9.14. The Morgan fingerprint density at radius 1 is 0.962 bits per heavy atom. The Hall–Kier alpha value is -2.94. The summed E-state index contributed by atoms with van der Waals surface area (Å²) in [5.74, 6) is 0.213. The predicted octanol–water partition coefficient (Wildman–Crippen LogP) is 4.19. The molecule has 0 saturated carbocycles. The average molecular weight is 342 g/mol. The van der Waals surface area contributed by atoms with Gasteiger partial charge < -0.3 is 4.90 Å². The van der Waals surface area contributed by atoms with Crippen LogP contribution in [0.25, 0.3) is 0 Å². The molecule has 3 nitrogen and oxygen atoms in total. The van der Waals surface area contributed by atoms with Crippen molar-refractivity contribution in [3.63, 3.8) is 0 Å². The van der Waals surface area contributed by atoms with E-state index in [-0.39, 0.29) is 11.9 Å². The number of nitrogens with zero attached hydrogens (tertiary/aromatic N) is 2. The van der Waals surface area contributed by atoms with Crippen LogP contribution in [-0.4, -0.2) is 22.3 Å². The van der Waals surface area contributed by atoms with E-state index in [4.69, 9.17) is 0 Å². The first-order valence-electron chi connectivity index (χ1n) is 9.14. The lowest BCUT2D eigenvalue weighted by atomic mass is 9.88. The summed E-state index contributed by atoms with van der Waals surface area (Å²) in [4.78, 5) is 19.3. The maximum atomic E-state index is 13.1. The van der Waals surface area contributed by atoms with Gasteiger partial charge in [-0.25, -0.2) is 0 Å². The van der Waals surface area contributed by atoms with Crippen molar-refractivity contribution in [3.05, 3.63) is 101 Å². The van der Waals surface area contributed by atoms with Crippen molar-refractivity contribution in [2.45, 2.75) is 25.3 Å². The van der Waals surface area contributed by atoms with Gasteiger partial charge in [-0.2, -0.15) is 0 Å². The molecule has 0 spiro atoms. The second kappa shape index (κ2) is 7.52. The third kappa shape index (κ3) is 3.38. The van der Waals surface area contributed by atoms with Gasteiger partial charge in [0.15, 0.2) is 0 Å². The van der Waals surface area contributed by atoms with E-state index in [2.05, 4.69) is 41.4 Å². The fourth-order valence-electron chi connectivity index (χ4n) is 3.78. The van der Waals surface area contributed by atoms with Gasteiger partial charge in [0.1, 0.15) is 0 Å². The highest BCUT2D eigenvalue weighted by Gasteiger charge is 2.31. The van der Waals surface area contributed by atoms with Crippen molar-refractivity contribution in [2.75, 3.05) is 6.54 Å². The monoisotopic (exact) mass is 342 g/mol. The minimum absolute atomic E-state index is 0.0220. The number of rotatable bonds is 4. The topological polar surface area (TPSA) is 33.2 Å². The van der Waals surface area contributed by atoms with Crippen LogP contribution in [0.15, 0.2) is 79.1 Å². The summed E-state index contributed by atoms with van der Waals surface area (Å²) >= 11 is 0. The van der Waals surface area contributed by atoms with Crippen molar-refractivity contribution in [2.24, 2.45) is 0 Å². The molecule has 2 heterocycles. The highest BCUT2D eigenvalue weighted by atomic mass is 16.2. The minimum Gasteiger partial charge on any atom is -0.331 e. The summed E-state index contributed by atoms with van der Waals surface area (Å²) in [5.41, 5.74) is 4.90. The van der Waals surface area contributed by atoms with Crippen LogP contribution in [0.2, 0.25) is 0 Å². The molecule has 3 heteroatoms. The third-order valence-corrected chi connectivity index (χ3v) is 5.10. The van der Waals surface area contributed by atoms with E-state index in [1.807, 2.05) is 35.2 Å². The average Bonchev–Trinajstić information content (AvgIpc) is 2.72. The van der Waals surface area contributed by atoms with Crippen LogP contribution in [0.5, 0.6) is 0 Å². The van der Waals surface area contributed by atoms with Gasteiger partial charge in [0, 0.05) is 25.4 Å². The van der Waals surface area contributed by atoms with E-state index in [1.165, 1.54) is 16.7 Å². The molecule has 0 bridgehead atoms. The van der Waals surface area contributed by atoms with Crippen LogP contribution in [0.3, 0.4) is 0 Å². The van der Waals surface area contributed by atoms with Crippen LogP contribution in [0, 0.1) is 0 Å². The highest BCUT2D eigenvalue weighted by molar-refractivity contribution is 5.78. The molecule has 0 N–H and O–H groups in total. The molecule has 1 atom stereocenters. The quantitative estimate of drug-likeness (QED) is 0.712. The zero-order valence-corrected chi connectivity index (χ0v) is 14.7. The second-order valence-electron chi connectivity index (χ2n) is 6.70. The Bertz CT molecular complexity index is 877. The molecule has 0 radical (unpaired) electrons. The Labute approximate surface area is 154 Å². The number of aromatic nitrogens is 1. The van der Waals surface area contributed by atoms with Gasteiger partial charge >= 0.3 is 0 Å². The van der Waals surface area contributed by atoms with Crippen LogP contribution >= 0.6 is 0 Å². The minimum atomic E-state index is -0.0220. The zero-order chi connectivity index (χ0) is 17.8. The maximum absolute atomic E-state index is 13.1. The largest absolute Gasteiger partial charge is 0.331 e. The molecule has 2 aromatic carbocycles. The number of carbonyl (C=O) groups is 1. The molecule has 4 rings (SSSR count). The van der Waals surface area contributed by atoms with Crippen molar-refractivity contribution in [3.8, 4) is 0 Å². The number of benzene rings is 2. The molecule has 0 aliphatic carbocycles. The van der Waals surface area contributed by atoms with Gasteiger partial charge in [0.05, 0.1) is 6.04 Å². The molecule has 1 aliphatic heterocycles. The van der Waals surface area contributed by atoms with Crippen LogP contribution in [0.4, 0.5) is 0 Å². The SMILES string of the molecule is O=C(CCc1ccccc1)N1CCc2ccccc2C1c1ccncc1. The van der Waals surface area contributed by atoms with Crippen molar-refractivity contribution < 1.29 is 4.79 Å². The van der Waals surface area contributed by atoms with Crippen molar-refractivity contribution >= 4 is 5.91 Å². The molecule has 26 heavy (non-hydrogen) atoms. The van der Waals surface area contributed by atoms with Gasteiger partial charge in [-0.05, 0) is 47.2 Å². The third-order valence-electron chi connectivity index (χ3n) is 5.10. The lowest BCUT2D eigenvalue weighted by Gasteiger charge is -2.38. The first-order chi connectivity index (χ1) is 12.8. The second-order valence-corrected chi connectivity index (χ2v) is 6.70. The van der Waals surface area contributed by atoms with Crippen LogP contribution in [-0.2, 0) is 17.6 Å². The molecule has 0 saturated heterocycles. The molecule has 130 valence electrons. The number of pyridine rings is 1. The normalized spacial score (nSPS) is 16.2. The summed E-state index contributed by atoms with van der Waals surface area (Å²) in [7, 11) is 0. The smallest absolute Gasteiger partial charge is 0.223 e. The van der Waals surface area contributed by atoms with Gasteiger partial charge in [0.2, 0.25) is 5.91 Å². The van der Waals surface area contributed by atoms with E-state index < -0.39 is 0 Å². The Kier molecular flexibility index (Phi) is 4.78. The molecule has 1 aliphatic rings. The van der Waals surface area contributed by atoms with E-state index in [9.17, 15) is 4.79 Å². The van der Waals surface area contributed by atoms with E-state index in [1.54, 1.807) is 12.4 Å². The Morgan fingerprint density at radius 2 is 1.69 bits per heavy atom. The van der Waals surface area contributed by atoms with Crippen molar-refractivity contribution in [1.29, 1.82) is 0 Å². The number of aryl methyl sites for hydroxylation is 1. The zero-order valence-electron chi connectivity index (χ0n) is 14.7. The van der Waals surface area contributed by atoms with Gasteiger partial charge in [-0.3, -0.25) is 9.78 Å². The maximum Gasteiger partial charge on any atom is 0.223 e. The van der Waals surface area contributed by atoms with E-state index in [0.29, 0.717) is 6.42 Å². The molecule has 0 fully saturated rings. The molecule has 3 aromatic rings. The van der Waals surface area contributed by atoms with Gasteiger partial charge in [-0.1, -0.05) is 54.6 Å². The predicted molar refractivity (Wildman–Crippen MR) is 103 cm³/mol. The number of hydrogen-bond donors (Lipinski definition) is 0. The Balaban J connectivity index is 1.61. The van der Waals surface area contributed by atoms with Crippen LogP contribution < -0.4 is 0 Å². The number of carbonyl (C=O) groups excluding carboxylic acids is 1. The summed E-state index contributed by atoms with van der Waals surface area (Å²) in [6.07, 6.45) is 5.84. The molecular formula is C23H22N2O. The first kappa shape index (κ1) is 16.5. The lowest BCUT2D eigenvalue weighted by Crippen LogP contribution is -2.40. The van der Waals surface area contributed by atoms with Gasteiger partial charge in [0.25, 0.3) is 0 Å².